The molecule has 1 unspecified atom stereocenters. The Kier molecular flexibility index (Phi) is 22.1. The van der Waals surface area contributed by atoms with E-state index in [0.29, 0.717) is 54.2 Å². The highest BCUT2D eigenvalue weighted by Gasteiger charge is 2.54. The molecule has 1 amide bonds. The smallest absolute Gasteiger partial charge is 0.343 e. The Balaban J connectivity index is 1.19. The Labute approximate surface area is 476 Å². The number of aromatic nitrogens is 1. The van der Waals surface area contributed by atoms with Crippen LogP contribution in [0.25, 0.3) is 10.9 Å². The zero-order valence-corrected chi connectivity index (χ0v) is 50.4. The monoisotopic (exact) mass is 1150 g/mol. The van der Waals surface area contributed by atoms with Gasteiger partial charge in [-0.15, -0.1) is 0 Å². The second-order valence-corrected chi connectivity index (χ2v) is 24.5. The molecule has 4 fully saturated rings. The number of anilines is 1. The summed E-state index contributed by atoms with van der Waals surface area (Å²) in [7, 11) is 9.90. The number of hydrogen-bond donors (Lipinski definition) is 7. The molecule has 22 nitrogen and oxygen atoms in total. The van der Waals surface area contributed by atoms with E-state index in [-0.39, 0.29) is 55.4 Å². The number of esters is 2. The molecule has 3 saturated heterocycles. The van der Waals surface area contributed by atoms with Crippen LogP contribution < -0.4 is 16.1 Å². The van der Waals surface area contributed by atoms with E-state index in [1.54, 1.807) is 59.9 Å². The predicted molar refractivity (Wildman–Crippen MR) is 300 cm³/mol. The van der Waals surface area contributed by atoms with Gasteiger partial charge in [0.25, 0.3) is 0 Å². The summed E-state index contributed by atoms with van der Waals surface area (Å²) < 4.78 is 45.0. The number of hydrogen-bond acceptors (Lipinski definition) is 20. The second kappa shape index (κ2) is 27.0. The highest BCUT2D eigenvalue weighted by atomic mass is 35.5. The Hall–Kier alpha value is -3.59. The van der Waals surface area contributed by atoms with Crippen molar-refractivity contribution in [3.8, 4) is 0 Å². The lowest BCUT2D eigenvalue weighted by molar-refractivity contribution is -0.335. The standard InChI is InChI=1S/C57H93ClN6O16/c1-16-43-56(9,72)50(68)34(6)63(13)28-30(2)26-55(8,71)51(80-54-47(67)42(61(10)11)23-31(3)76-54)32(4)48(33(5)52(69)78-43)79-45-27-57(73,75-15)49(35(7)77-45)60-44(65)19-21-62(12)22-20-59-40-24-37-41(25-39(40)58)64(36-17-18-36)29-38(46(37)66)53(70)74-14/h24-25,29-36,42-43,45,47-51,54,59,67-68,71-73H,16-23,26-28H2,1-15H3,(H,60,65)/t30-,31+,32+,33+,34+,35-,42-,43-,45+,47+,48+,49?,50+,51-,54-,55+,56+,57+/m0/s1. The molecule has 6 rings (SSSR count). The maximum Gasteiger partial charge on any atom is 0.343 e. The van der Waals surface area contributed by atoms with E-state index in [9.17, 15) is 44.7 Å². The number of fused-ring (bicyclic) bond motifs is 1. The molecular formula is C57H93ClN6O16. The molecule has 1 aliphatic carbocycles. The quantitative estimate of drug-likeness (QED) is 0.0883. The van der Waals surface area contributed by atoms with Crippen LogP contribution in [0.3, 0.4) is 0 Å². The van der Waals surface area contributed by atoms with Crippen LogP contribution >= 0.6 is 11.6 Å². The van der Waals surface area contributed by atoms with E-state index in [0.717, 1.165) is 12.8 Å². The third-order valence-corrected chi connectivity index (χ3v) is 17.5. The van der Waals surface area contributed by atoms with Crippen molar-refractivity contribution in [1.29, 1.82) is 0 Å². The van der Waals surface area contributed by atoms with Crippen molar-refractivity contribution in [2.45, 2.75) is 204 Å². The van der Waals surface area contributed by atoms with Gasteiger partial charge in [0, 0.05) is 75.3 Å². The van der Waals surface area contributed by atoms with Crippen LogP contribution in [0.5, 0.6) is 0 Å². The number of likely N-dealkylation sites (N-methyl/N-ethyl adjacent to an activating group) is 3. The van der Waals surface area contributed by atoms with E-state index in [4.69, 9.17) is 44.8 Å². The van der Waals surface area contributed by atoms with Gasteiger partial charge < -0.3 is 88.6 Å². The summed E-state index contributed by atoms with van der Waals surface area (Å²) in [6.45, 7) is 17.0. The van der Waals surface area contributed by atoms with Gasteiger partial charge in [0.05, 0.1) is 65.7 Å². The maximum absolute atomic E-state index is 14.6. The Morgan fingerprint density at radius 2 is 1.62 bits per heavy atom. The number of halogens is 1. The van der Waals surface area contributed by atoms with E-state index in [1.807, 2.05) is 61.3 Å². The zero-order valence-electron chi connectivity index (χ0n) is 49.6. The SMILES string of the molecule is CC[C@@H]1OC(=O)[C@H](C)[C@H](O[C@@H]2C[C@@](O)(OC)C(NC(=O)CCN(C)CCNc3cc4c(=O)c(C(=O)OC)cn(C5CC5)c4cc3Cl)[C@H](C)O2)[C@@H](C)[C@H](O[C@@H]2O[C@H](C)C[C@H](N(C)C)[C@H]2O)[C@](C)(O)C[C@H](C)CN(C)[C@H](C)[C@@H](O)[C@]1(C)O. The number of ether oxygens (including phenoxy) is 7. The Morgan fingerprint density at radius 1 is 0.950 bits per heavy atom. The van der Waals surface area contributed by atoms with Crippen molar-refractivity contribution >= 4 is 46.0 Å². The van der Waals surface area contributed by atoms with Crippen LogP contribution in [-0.2, 0) is 42.7 Å². The molecule has 3 aliphatic heterocycles. The molecule has 4 heterocycles. The molecule has 0 radical (unpaired) electrons. The zero-order chi connectivity index (χ0) is 59.5. The number of nitrogens with one attached hydrogen (secondary N) is 2. The molecule has 7 N–H and O–H groups in total. The second-order valence-electron chi connectivity index (χ2n) is 24.1. The molecule has 1 aromatic carbocycles. The van der Waals surface area contributed by atoms with Crippen LogP contribution in [0.4, 0.5) is 5.69 Å². The molecule has 0 bridgehead atoms. The fourth-order valence-electron chi connectivity index (χ4n) is 12.2. The minimum absolute atomic E-state index is 0.0255. The third-order valence-electron chi connectivity index (χ3n) is 17.2. The van der Waals surface area contributed by atoms with Gasteiger partial charge in [-0.25, -0.2) is 4.79 Å². The van der Waals surface area contributed by atoms with Gasteiger partial charge in [-0.3, -0.25) is 14.4 Å². The first-order valence-corrected chi connectivity index (χ1v) is 28.7. The fourth-order valence-corrected chi connectivity index (χ4v) is 12.4. The normalized spacial score (nSPS) is 37.2. The number of aliphatic hydroxyl groups is 5. The van der Waals surface area contributed by atoms with Crippen LogP contribution in [0.2, 0.25) is 5.02 Å². The number of amides is 1. The number of carbonyl (C=O) groups excluding carboxylic acids is 3. The average molecular weight is 1150 g/mol. The van der Waals surface area contributed by atoms with E-state index in [2.05, 4.69) is 10.6 Å². The summed E-state index contributed by atoms with van der Waals surface area (Å²) in [6, 6.07) is 1.48. The number of carbonyl (C=O) groups is 3. The lowest BCUT2D eigenvalue weighted by atomic mass is 9.77. The summed E-state index contributed by atoms with van der Waals surface area (Å²) in [4.78, 5) is 59.9. The number of rotatable bonds is 17. The molecule has 4 aliphatic rings. The lowest BCUT2D eigenvalue weighted by Gasteiger charge is -2.49. The molecule has 2 aromatic rings. The Morgan fingerprint density at radius 3 is 2.24 bits per heavy atom. The molecule has 18 atom stereocenters. The minimum atomic E-state index is -2.06. The van der Waals surface area contributed by atoms with Gasteiger partial charge in [-0.1, -0.05) is 32.4 Å². The largest absolute Gasteiger partial charge is 0.465 e. The number of methoxy groups -OCH3 is 2. The fraction of sp³-hybridized carbons (Fsp3) is 0.789. The summed E-state index contributed by atoms with van der Waals surface area (Å²) in [5.41, 5.74) is -2.93. The highest BCUT2D eigenvalue weighted by Crippen LogP contribution is 2.41. The van der Waals surface area contributed by atoms with E-state index >= 15 is 0 Å². The summed E-state index contributed by atoms with van der Waals surface area (Å²) in [6.07, 6.45) is -5.93. The first-order chi connectivity index (χ1) is 37.4. The predicted octanol–water partition coefficient (Wildman–Crippen LogP) is 3.48. The van der Waals surface area contributed by atoms with Crippen molar-refractivity contribution in [3.05, 3.63) is 39.1 Å². The van der Waals surface area contributed by atoms with Crippen LogP contribution in [-0.4, -0.2) is 222 Å². The lowest BCUT2D eigenvalue weighted by Crippen LogP contribution is -2.65. The van der Waals surface area contributed by atoms with Gasteiger partial charge >= 0.3 is 11.9 Å². The van der Waals surface area contributed by atoms with Crippen LogP contribution in [0.15, 0.2) is 23.1 Å². The van der Waals surface area contributed by atoms with Gasteiger partial charge in [-0.2, -0.15) is 0 Å². The van der Waals surface area contributed by atoms with Gasteiger partial charge in [0.1, 0.15) is 35.5 Å². The number of nitrogens with zero attached hydrogens (tertiary/aromatic N) is 4. The number of cyclic esters (lactones) is 1. The van der Waals surface area contributed by atoms with Gasteiger partial charge in [-0.05, 0) is 120 Å². The van der Waals surface area contributed by atoms with Crippen molar-refractivity contribution in [1.82, 2.24) is 24.6 Å². The molecule has 1 saturated carbocycles. The molecule has 80 heavy (non-hydrogen) atoms. The van der Waals surface area contributed by atoms with Crippen molar-refractivity contribution in [2.75, 3.05) is 73.9 Å². The highest BCUT2D eigenvalue weighted by molar-refractivity contribution is 6.34. The van der Waals surface area contributed by atoms with E-state index in [1.165, 1.54) is 21.1 Å². The van der Waals surface area contributed by atoms with Crippen LogP contribution in [0.1, 0.15) is 124 Å². The first-order valence-electron chi connectivity index (χ1n) is 28.3. The maximum atomic E-state index is 14.6. The van der Waals surface area contributed by atoms with Gasteiger partial charge in [0.2, 0.25) is 11.3 Å². The molecular weight excluding hydrogens is 1060 g/mol. The van der Waals surface area contributed by atoms with Crippen molar-refractivity contribution in [3.63, 3.8) is 0 Å². The molecule has 0 spiro atoms. The average Bonchev–Trinajstić information content (AvgIpc) is 4.40. The number of benzene rings is 1. The summed E-state index contributed by atoms with van der Waals surface area (Å²) in [5, 5.41) is 67.3. The van der Waals surface area contributed by atoms with E-state index < -0.39 is 113 Å². The molecule has 1 aromatic heterocycles. The summed E-state index contributed by atoms with van der Waals surface area (Å²) >= 11 is 6.72. The third kappa shape index (κ3) is 15.0. The minimum Gasteiger partial charge on any atom is -0.465 e. The Bertz CT molecular complexity index is 2500. The van der Waals surface area contributed by atoms with Crippen LogP contribution in [0, 0.1) is 17.8 Å². The van der Waals surface area contributed by atoms with Crippen molar-refractivity contribution in [2.24, 2.45) is 17.8 Å². The summed E-state index contributed by atoms with van der Waals surface area (Å²) in [5.74, 6) is -6.27. The number of pyridine rings is 1. The van der Waals surface area contributed by atoms with Crippen molar-refractivity contribution < 1.29 is 73.1 Å². The molecule has 454 valence electrons. The topological polar surface area (TPSA) is 273 Å². The molecule has 23 heteroatoms. The number of aliphatic hydroxyl groups excluding tert-OH is 2. The first kappa shape index (κ1) is 65.6. The van der Waals surface area contributed by atoms with Gasteiger partial charge in [0.15, 0.2) is 18.4 Å².